The maximum Gasteiger partial charge on any atom is 0.303 e. The Balaban J connectivity index is 1.63. The number of unbranched alkanes of at least 4 members (excludes halogenated alkanes) is 13. The number of hydrogen-bond acceptors (Lipinski definition) is 2. The molecule has 0 radical (unpaired) electrons. The molecule has 0 aromatic carbocycles. The molecule has 0 atom stereocenters. The van der Waals surface area contributed by atoms with Crippen LogP contribution in [-0.4, -0.2) is 24.3 Å². The highest BCUT2D eigenvalue weighted by Gasteiger charge is 2.16. The molecule has 3 nitrogen and oxygen atoms in total. The van der Waals surface area contributed by atoms with Crippen LogP contribution in [0, 0.1) is 5.92 Å². The monoisotopic (exact) mass is 326 g/mol. The Morgan fingerprint density at radius 3 is 1.43 bits per heavy atom. The Morgan fingerprint density at radius 1 is 0.696 bits per heavy atom. The third-order valence-electron chi connectivity index (χ3n) is 4.96. The summed E-state index contributed by atoms with van der Waals surface area (Å²) >= 11 is 0. The van der Waals surface area contributed by atoms with Crippen molar-refractivity contribution in [1.82, 2.24) is 0 Å². The van der Waals surface area contributed by atoms with E-state index in [4.69, 9.17) is 9.84 Å². The van der Waals surface area contributed by atoms with Crippen molar-refractivity contribution in [1.29, 1.82) is 0 Å². The number of carbonyl (C=O) groups is 1. The summed E-state index contributed by atoms with van der Waals surface area (Å²) in [7, 11) is 0. The second-order valence-corrected chi connectivity index (χ2v) is 7.29. The smallest absolute Gasteiger partial charge is 0.303 e. The topological polar surface area (TPSA) is 46.5 Å². The van der Waals surface area contributed by atoms with E-state index in [1.807, 2.05) is 0 Å². The van der Waals surface area contributed by atoms with E-state index in [1.54, 1.807) is 0 Å². The first-order valence-corrected chi connectivity index (χ1v) is 10.1. The molecule has 23 heavy (non-hydrogen) atoms. The van der Waals surface area contributed by atoms with Crippen LogP contribution < -0.4 is 0 Å². The lowest BCUT2D eigenvalue weighted by Crippen LogP contribution is -2.27. The summed E-state index contributed by atoms with van der Waals surface area (Å²) in [6.45, 7) is 2.03. The molecule has 1 aliphatic rings. The predicted octanol–water partition coefficient (Wildman–Crippen LogP) is 5.96. The molecule has 0 bridgehead atoms. The van der Waals surface area contributed by atoms with Crippen molar-refractivity contribution in [2.45, 2.75) is 103 Å². The van der Waals surface area contributed by atoms with Crippen molar-refractivity contribution in [3.63, 3.8) is 0 Å². The number of carboxylic acids is 1. The van der Waals surface area contributed by atoms with Crippen LogP contribution >= 0.6 is 0 Å². The van der Waals surface area contributed by atoms with E-state index in [1.165, 1.54) is 83.5 Å². The highest BCUT2D eigenvalue weighted by atomic mass is 16.5. The Kier molecular flexibility index (Phi) is 13.3. The Morgan fingerprint density at radius 2 is 1.09 bits per heavy atom. The lowest BCUT2D eigenvalue weighted by Gasteiger charge is -2.25. The predicted molar refractivity (Wildman–Crippen MR) is 95.8 cm³/mol. The fourth-order valence-electron chi connectivity index (χ4n) is 3.28. The van der Waals surface area contributed by atoms with Gasteiger partial charge in [-0.25, -0.2) is 0 Å². The van der Waals surface area contributed by atoms with Crippen molar-refractivity contribution < 1.29 is 14.6 Å². The molecule has 0 saturated carbocycles. The molecule has 1 rings (SSSR count). The fraction of sp³-hybridized carbons (Fsp3) is 0.950. The zero-order valence-electron chi connectivity index (χ0n) is 15.1. The van der Waals surface area contributed by atoms with Crippen molar-refractivity contribution in [2.24, 2.45) is 5.92 Å². The van der Waals surface area contributed by atoms with Gasteiger partial charge in [0.1, 0.15) is 0 Å². The summed E-state index contributed by atoms with van der Waals surface area (Å²) < 4.78 is 5.20. The van der Waals surface area contributed by atoms with Gasteiger partial charge in [-0.15, -0.1) is 0 Å². The standard InChI is InChI=1S/C20H38O3/c21-20(22)16-14-12-10-8-6-4-2-1-3-5-7-9-11-13-15-19-17-23-18-19/h19H,1-18H2,(H,21,22). The zero-order valence-corrected chi connectivity index (χ0v) is 15.1. The van der Waals surface area contributed by atoms with Crippen LogP contribution in [0.15, 0.2) is 0 Å². The van der Waals surface area contributed by atoms with Crippen LogP contribution in [0.1, 0.15) is 103 Å². The van der Waals surface area contributed by atoms with Crippen LogP contribution in [-0.2, 0) is 9.53 Å². The SMILES string of the molecule is O=C(O)CCCCCCCCCCCCCCCCC1COC1. The van der Waals surface area contributed by atoms with Crippen LogP contribution in [0.2, 0.25) is 0 Å². The van der Waals surface area contributed by atoms with E-state index in [0.29, 0.717) is 6.42 Å². The number of aliphatic carboxylic acids is 1. The summed E-state index contributed by atoms with van der Waals surface area (Å²) in [5, 5.41) is 8.55. The summed E-state index contributed by atoms with van der Waals surface area (Å²) in [5.41, 5.74) is 0. The lowest BCUT2D eigenvalue weighted by atomic mass is 9.98. The van der Waals surface area contributed by atoms with Crippen molar-refractivity contribution in [3.8, 4) is 0 Å². The third kappa shape index (κ3) is 13.6. The van der Waals surface area contributed by atoms with E-state index < -0.39 is 5.97 Å². The number of carboxylic acid groups (broad SMARTS) is 1. The number of ether oxygens (including phenoxy) is 1. The molecule has 1 heterocycles. The van der Waals surface area contributed by atoms with Crippen LogP contribution in [0.5, 0.6) is 0 Å². The minimum atomic E-state index is -0.655. The Labute approximate surface area is 143 Å². The number of rotatable bonds is 17. The van der Waals surface area contributed by atoms with Crippen LogP contribution in [0.25, 0.3) is 0 Å². The third-order valence-corrected chi connectivity index (χ3v) is 4.96. The highest BCUT2D eigenvalue weighted by Crippen LogP contribution is 2.19. The largest absolute Gasteiger partial charge is 0.481 e. The van der Waals surface area contributed by atoms with Crippen molar-refractivity contribution in [2.75, 3.05) is 13.2 Å². The molecule has 0 unspecified atom stereocenters. The summed E-state index contributed by atoms with van der Waals surface area (Å²) in [4.78, 5) is 10.4. The van der Waals surface area contributed by atoms with Crippen molar-refractivity contribution >= 4 is 5.97 Å². The van der Waals surface area contributed by atoms with Crippen molar-refractivity contribution in [3.05, 3.63) is 0 Å². The van der Waals surface area contributed by atoms with Gasteiger partial charge in [-0.05, 0) is 12.8 Å². The maximum atomic E-state index is 10.4. The first kappa shape index (κ1) is 20.5. The summed E-state index contributed by atoms with van der Waals surface area (Å²) in [6, 6.07) is 0. The molecule has 0 spiro atoms. The van der Waals surface area contributed by atoms with Gasteiger partial charge in [-0.3, -0.25) is 4.79 Å². The molecular formula is C20H38O3. The van der Waals surface area contributed by atoms with Gasteiger partial charge < -0.3 is 9.84 Å². The average molecular weight is 327 g/mol. The van der Waals surface area contributed by atoms with Gasteiger partial charge in [-0.2, -0.15) is 0 Å². The maximum absolute atomic E-state index is 10.4. The van der Waals surface area contributed by atoms with Crippen LogP contribution in [0.3, 0.4) is 0 Å². The van der Waals surface area contributed by atoms with Gasteiger partial charge in [0.05, 0.1) is 13.2 Å². The Hall–Kier alpha value is -0.570. The first-order valence-electron chi connectivity index (χ1n) is 10.1. The van der Waals surface area contributed by atoms with Gasteiger partial charge in [0.25, 0.3) is 0 Å². The molecule has 1 saturated heterocycles. The number of hydrogen-bond donors (Lipinski definition) is 1. The second-order valence-electron chi connectivity index (χ2n) is 7.29. The van der Waals surface area contributed by atoms with E-state index in [9.17, 15) is 4.79 Å². The van der Waals surface area contributed by atoms with E-state index in [2.05, 4.69) is 0 Å². The van der Waals surface area contributed by atoms with Gasteiger partial charge in [0.2, 0.25) is 0 Å². The normalized spacial score (nSPS) is 14.8. The molecule has 0 aromatic rings. The quantitative estimate of drug-likeness (QED) is 0.335. The van der Waals surface area contributed by atoms with Gasteiger partial charge >= 0.3 is 5.97 Å². The molecule has 3 heteroatoms. The zero-order chi connectivity index (χ0) is 16.6. The fourth-order valence-corrected chi connectivity index (χ4v) is 3.28. The molecule has 1 N–H and O–H groups in total. The lowest BCUT2D eigenvalue weighted by molar-refractivity contribution is -0.137. The molecule has 1 aliphatic heterocycles. The molecular weight excluding hydrogens is 288 g/mol. The molecule has 0 amide bonds. The minimum Gasteiger partial charge on any atom is -0.481 e. The summed E-state index contributed by atoms with van der Waals surface area (Å²) in [5.74, 6) is 0.227. The average Bonchev–Trinajstić information content (AvgIpc) is 2.48. The molecule has 1 fully saturated rings. The molecule has 0 aliphatic carbocycles. The summed E-state index contributed by atoms with van der Waals surface area (Å²) in [6.07, 6.45) is 20.1. The molecule has 136 valence electrons. The highest BCUT2D eigenvalue weighted by molar-refractivity contribution is 5.66. The molecule has 0 aromatic heterocycles. The van der Waals surface area contributed by atoms with E-state index in [-0.39, 0.29) is 0 Å². The van der Waals surface area contributed by atoms with Gasteiger partial charge in [0.15, 0.2) is 0 Å². The second kappa shape index (κ2) is 15.0. The van der Waals surface area contributed by atoms with Crippen LogP contribution in [0.4, 0.5) is 0 Å². The van der Waals surface area contributed by atoms with E-state index in [0.717, 1.165) is 32.0 Å². The first-order chi connectivity index (χ1) is 11.3. The Bertz CT molecular complexity index is 274. The van der Waals surface area contributed by atoms with Gasteiger partial charge in [-0.1, -0.05) is 83.5 Å². The minimum absolute atomic E-state index is 0.342. The van der Waals surface area contributed by atoms with Gasteiger partial charge in [0, 0.05) is 12.3 Å². The van der Waals surface area contributed by atoms with E-state index >= 15 is 0 Å².